The Morgan fingerprint density at radius 3 is 2.95 bits per heavy atom. The van der Waals surface area contributed by atoms with Crippen LogP contribution in [0.2, 0.25) is 0 Å². The SMILES string of the molecule is Cc1ccc2nc(NC(=O)c3cccc(F)c3N)sc2c1. The highest BCUT2D eigenvalue weighted by Crippen LogP contribution is 2.27. The number of nitrogen functional groups attached to an aromatic ring is 1. The number of aryl methyl sites for hydroxylation is 1. The van der Waals surface area contributed by atoms with E-state index in [-0.39, 0.29) is 11.3 Å². The van der Waals surface area contributed by atoms with Crippen LogP contribution in [0.15, 0.2) is 36.4 Å². The Balaban J connectivity index is 1.91. The third-order valence-electron chi connectivity index (χ3n) is 3.06. The van der Waals surface area contributed by atoms with Crippen LogP contribution in [-0.4, -0.2) is 10.9 Å². The standard InChI is InChI=1S/C15H12FN3OS/c1-8-5-6-11-12(7-8)21-15(18-11)19-14(20)9-3-2-4-10(16)13(9)17/h2-7H,17H2,1H3,(H,18,19,20). The van der Waals surface area contributed by atoms with E-state index in [9.17, 15) is 9.18 Å². The van der Waals surface area contributed by atoms with Crippen molar-refractivity contribution in [1.29, 1.82) is 0 Å². The fourth-order valence-corrected chi connectivity index (χ4v) is 2.94. The van der Waals surface area contributed by atoms with Gasteiger partial charge in [-0.3, -0.25) is 10.1 Å². The number of hydrogen-bond donors (Lipinski definition) is 2. The molecule has 106 valence electrons. The van der Waals surface area contributed by atoms with Crippen LogP contribution in [0.3, 0.4) is 0 Å². The number of nitrogens with zero attached hydrogens (tertiary/aromatic N) is 1. The van der Waals surface area contributed by atoms with Crippen molar-refractivity contribution in [3.63, 3.8) is 0 Å². The zero-order chi connectivity index (χ0) is 15.0. The summed E-state index contributed by atoms with van der Waals surface area (Å²) in [5.41, 5.74) is 7.46. The monoisotopic (exact) mass is 301 g/mol. The molecule has 3 aromatic rings. The molecule has 0 bridgehead atoms. The first-order valence-corrected chi connectivity index (χ1v) is 7.09. The molecule has 0 aliphatic carbocycles. The summed E-state index contributed by atoms with van der Waals surface area (Å²) in [5, 5.41) is 3.12. The Kier molecular flexibility index (Phi) is 3.31. The van der Waals surface area contributed by atoms with Gasteiger partial charge in [-0.2, -0.15) is 0 Å². The summed E-state index contributed by atoms with van der Waals surface area (Å²) in [7, 11) is 0. The lowest BCUT2D eigenvalue weighted by atomic mass is 10.1. The molecule has 0 atom stereocenters. The first kappa shape index (κ1) is 13.5. The van der Waals surface area contributed by atoms with Gasteiger partial charge in [0.05, 0.1) is 21.5 Å². The maximum absolute atomic E-state index is 13.4. The van der Waals surface area contributed by atoms with Gasteiger partial charge in [-0.25, -0.2) is 9.37 Å². The summed E-state index contributed by atoms with van der Waals surface area (Å²) in [4.78, 5) is 16.5. The van der Waals surface area contributed by atoms with E-state index in [0.29, 0.717) is 5.13 Å². The third-order valence-corrected chi connectivity index (χ3v) is 4.00. The van der Waals surface area contributed by atoms with Crippen LogP contribution in [0.5, 0.6) is 0 Å². The highest BCUT2D eigenvalue weighted by atomic mass is 32.1. The van der Waals surface area contributed by atoms with Crippen LogP contribution < -0.4 is 11.1 Å². The topological polar surface area (TPSA) is 68.0 Å². The second-order valence-corrected chi connectivity index (χ2v) is 5.68. The maximum Gasteiger partial charge on any atom is 0.259 e. The molecular weight excluding hydrogens is 289 g/mol. The van der Waals surface area contributed by atoms with Crippen molar-refractivity contribution in [3.05, 3.63) is 53.3 Å². The molecule has 1 amide bonds. The van der Waals surface area contributed by atoms with Crippen LogP contribution >= 0.6 is 11.3 Å². The van der Waals surface area contributed by atoms with E-state index in [0.717, 1.165) is 15.8 Å². The fraction of sp³-hybridized carbons (Fsp3) is 0.0667. The van der Waals surface area contributed by atoms with Gasteiger partial charge in [0, 0.05) is 0 Å². The van der Waals surface area contributed by atoms with Crippen LogP contribution in [-0.2, 0) is 0 Å². The summed E-state index contributed by atoms with van der Waals surface area (Å²) >= 11 is 1.37. The summed E-state index contributed by atoms with van der Waals surface area (Å²) in [6.45, 7) is 1.99. The first-order chi connectivity index (χ1) is 10.0. The van der Waals surface area contributed by atoms with E-state index in [1.54, 1.807) is 0 Å². The summed E-state index contributed by atoms with van der Waals surface area (Å²) in [6, 6.07) is 9.99. The number of hydrogen-bond acceptors (Lipinski definition) is 4. The van der Waals surface area contributed by atoms with E-state index in [1.807, 2.05) is 25.1 Å². The number of benzene rings is 2. The molecule has 6 heteroatoms. The number of nitrogens with one attached hydrogen (secondary N) is 1. The molecule has 0 aliphatic rings. The Morgan fingerprint density at radius 1 is 1.33 bits per heavy atom. The van der Waals surface area contributed by atoms with Crippen molar-refractivity contribution < 1.29 is 9.18 Å². The van der Waals surface area contributed by atoms with Crippen LogP contribution in [0.4, 0.5) is 15.2 Å². The average Bonchev–Trinajstić information content (AvgIpc) is 2.83. The number of anilines is 2. The van der Waals surface area contributed by atoms with E-state index in [1.165, 1.54) is 29.5 Å². The Labute approximate surface area is 124 Å². The normalized spacial score (nSPS) is 10.8. The van der Waals surface area contributed by atoms with Crippen molar-refractivity contribution in [2.45, 2.75) is 6.92 Å². The second kappa shape index (κ2) is 5.14. The summed E-state index contributed by atoms with van der Waals surface area (Å²) in [5.74, 6) is -1.08. The molecule has 0 aliphatic heterocycles. The van der Waals surface area contributed by atoms with Gasteiger partial charge in [0.25, 0.3) is 5.91 Å². The quantitative estimate of drug-likeness (QED) is 0.711. The number of carbonyl (C=O) groups is 1. The van der Waals surface area contributed by atoms with Crippen LogP contribution in [0.1, 0.15) is 15.9 Å². The first-order valence-electron chi connectivity index (χ1n) is 6.27. The Hall–Kier alpha value is -2.47. The fourth-order valence-electron chi connectivity index (χ4n) is 1.98. The minimum absolute atomic E-state index is 0.102. The number of para-hydroxylation sites is 1. The van der Waals surface area contributed by atoms with Gasteiger partial charge >= 0.3 is 0 Å². The number of thiazole rings is 1. The van der Waals surface area contributed by atoms with Gasteiger partial charge in [-0.15, -0.1) is 0 Å². The van der Waals surface area contributed by atoms with E-state index >= 15 is 0 Å². The molecule has 0 saturated heterocycles. The lowest BCUT2D eigenvalue weighted by Gasteiger charge is -2.05. The molecule has 0 unspecified atom stereocenters. The molecule has 0 radical (unpaired) electrons. The van der Waals surface area contributed by atoms with Crippen LogP contribution in [0, 0.1) is 12.7 Å². The molecule has 21 heavy (non-hydrogen) atoms. The minimum Gasteiger partial charge on any atom is -0.396 e. The largest absolute Gasteiger partial charge is 0.396 e. The molecule has 1 heterocycles. The number of fused-ring (bicyclic) bond motifs is 1. The number of halogens is 1. The van der Waals surface area contributed by atoms with Gasteiger partial charge in [0.1, 0.15) is 5.82 Å². The van der Waals surface area contributed by atoms with Gasteiger partial charge < -0.3 is 5.73 Å². The van der Waals surface area contributed by atoms with Crippen LogP contribution in [0.25, 0.3) is 10.2 Å². The Morgan fingerprint density at radius 2 is 2.14 bits per heavy atom. The molecule has 0 fully saturated rings. The molecule has 3 rings (SSSR count). The van der Waals surface area contributed by atoms with Crippen molar-refractivity contribution in [2.24, 2.45) is 0 Å². The Bertz CT molecular complexity index is 844. The molecule has 1 aromatic heterocycles. The maximum atomic E-state index is 13.4. The van der Waals surface area contributed by atoms with Crippen molar-refractivity contribution in [3.8, 4) is 0 Å². The zero-order valence-electron chi connectivity index (χ0n) is 11.2. The van der Waals surface area contributed by atoms with Gasteiger partial charge in [-0.05, 0) is 36.8 Å². The van der Waals surface area contributed by atoms with E-state index in [4.69, 9.17) is 5.73 Å². The summed E-state index contributed by atoms with van der Waals surface area (Å²) in [6.07, 6.45) is 0. The summed E-state index contributed by atoms with van der Waals surface area (Å²) < 4.78 is 14.4. The van der Waals surface area contributed by atoms with Crippen molar-refractivity contribution >= 4 is 38.3 Å². The highest BCUT2D eigenvalue weighted by molar-refractivity contribution is 7.22. The molecule has 4 nitrogen and oxygen atoms in total. The number of carbonyl (C=O) groups excluding carboxylic acids is 1. The van der Waals surface area contributed by atoms with Gasteiger partial charge in [0.15, 0.2) is 5.13 Å². The highest BCUT2D eigenvalue weighted by Gasteiger charge is 2.14. The molecule has 0 spiro atoms. The predicted molar refractivity (Wildman–Crippen MR) is 83.1 cm³/mol. The van der Waals surface area contributed by atoms with Crippen molar-refractivity contribution in [2.75, 3.05) is 11.1 Å². The lowest BCUT2D eigenvalue weighted by Crippen LogP contribution is -2.14. The molecule has 3 N–H and O–H groups in total. The van der Waals surface area contributed by atoms with Crippen molar-refractivity contribution in [1.82, 2.24) is 4.98 Å². The zero-order valence-corrected chi connectivity index (χ0v) is 12.0. The predicted octanol–water partition coefficient (Wildman–Crippen LogP) is 3.58. The van der Waals surface area contributed by atoms with E-state index < -0.39 is 11.7 Å². The number of aromatic nitrogens is 1. The number of nitrogens with two attached hydrogens (primary N) is 1. The smallest absolute Gasteiger partial charge is 0.259 e. The molecule has 2 aromatic carbocycles. The lowest BCUT2D eigenvalue weighted by molar-refractivity contribution is 0.102. The van der Waals surface area contributed by atoms with E-state index in [2.05, 4.69) is 10.3 Å². The third kappa shape index (κ3) is 2.57. The molecule has 0 saturated carbocycles. The number of amides is 1. The number of rotatable bonds is 2. The van der Waals surface area contributed by atoms with Gasteiger partial charge in [-0.1, -0.05) is 23.5 Å². The minimum atomic E-state index is -0.609. The van der Waals surface area contributed by atoms with Gasteiger partial charge in [0.2, 0.25) is 0 Å². The molecular formula is C15H12FN3OS. The average molecular weight is 301 g/mol. The second-order valence-electron chi connectivity index (χ2n) is 4.65.